The number of nitriles is 2. The molecule has 1 aromatic carbocycles. The first-order valence-corrected chi connectivity index (χ1v) is 5.06. The minimum Gasteiger partial charge on any atom is -0.198 e. The molecule has 0 amide bonds. The fourth-order valence-electron chi connectivity index (χ4n) is 1.57. The molecule has 0 N–H and O–H groups in total. The molecule has 1 rings (SSSR count). The Hall–Kier alpha value is -1.80. The predicted octanol–water partition coefficient (Wildman–Crippen LogP) is 2.82. The van der Waals surface area contributed by atoms with Crippen molar-refractivity contribution in [1.82, 2.24) is 0 Å². The van der Waals surface area contributed by atoms with Gasteiger partial charge in [-0.15, -0.1) is 0 Å². The molecule has 0 saturated heterocycles. The molecule has 0 spiro atoms. The van der Waals surface area contributed by atoms with E-state index in [2.05, 4.69) is 26.0 Å². The van der Waals surface area contributed by atoms with Gasteiger partial charge in [0.25, 0.3) is 0 Å². The van der Waals surface area contributed by atoms with E-state index in [1.165, 1.54) is 0 Å². The van der Waals surface area contributed by atoms with Crippen LogP contribution >= 0.6 is 0 Å². The molecule has 0 aliphatic carbocycles. The molecule has 2 nitrogen and oxygen atoms in total. The van der Waals surface area contributed by atoms with Crippen LogP contribution in [0.15, 0.2) is 18.2 Å². The molecule has 0 radical (unpaired) electrons. The molecule has 0 aliphatic heterocycles. The second-order valence-electron chi connectivity index (χ2n) is 4.04. The number of hydrogen-bond donors (Lipinski definition) is 0. The highest BCUT2D eigenvalue weighted by atomic mass is 14.3. The third kappa shape index (κ3) is 3.11. The summed E-state index contributed by atoms with van der Waals surface area (Å²) in [6.45, 7) is 4.25. The molecule has 0 bridgehead atoms. The van der Waals surface area contributed by atoms with Crippen LogP contribution in [0.2, 0.25) is 0 Å². The lowest BCUT2D eigenvalue weighted by molar-refractivity contribution is 0.646. The summed E-state index contributed by atoms with van der Waals surface area (Å²) in [5.74, 6) is 0.523. The third-order valence-electron chi connectivity index (χ3n) is 2.20. The topological polar surface area (TPSA) is 47.6 Å². The van der Waals surface area contributed by atoms with Crippen molar-refractivity contribution in [3.8, 4) is 12.1 Å². The third-order valence-corrected chi connectivity index (χ3v) is 2.20. The standard InChI is InChI=1S/C13H14N2/c1-10(2)7-13-8-11(5-6-14)3-4-12(13)9-15/h3-4,8,10H,5,7H2,1-2H3. The zero-order valence-electron chi connectivity index (χ0n) is 9.12. The van der Waals surface area contributed by atoms with Gasteiger partial charge in [-0.1, -0.05) is 26.0 Å². The molecule has 0 fully saturated rings. The summed E-state index contributed by atoms with van der Waals surface area (Å²) in [6, 6.07) is 9.94. The van der Waals surface area contributed by atoms with E-state index in [0.29, 0.717) is 12.3 Å². The van der Waals surface area contributed by atoms with Crippen LogP contribution in [-0.2, 0) is 12.8 Å². The van der Waals surface area contributed by atoms with Crippen molar-refractivity contribution in [2.45, 2.75) is 26.7 Å². The minimum atomic E-state index is 0.413. The van der Waals surface area contributed by atoms with Gasteiger partial charge in [-0.2, -0.15) is 10.5 Å². The number of hydrogen-bond acceptors (Lipinski definition) is 2. The lowest BCUT2D eigenvalue weighted by Gasteiger charge is -2.08. The molecule has 0 unspecified atom stereocenters. The van der Waals surface area contributed by atoms with E-state index in [0.717, 1.165) is 23.1 Å². The summed E-state index contributed by atoms with van der Waals surface area (Å²) in [5.41, 5.74) is 2.78. The number of nitrogens with zero attached hydrogens (tertiary/aromatic N) is 2. The van der Waals surface area contributed by atoms with Crippen LogP contribution in [0.25, 0.3) is 0 Å². The Morgan fingerprint density at radius 1 is 1.27 bits per heavy atom. The maximum absolute atomic E-state index is 8.94. The van der Waals surface area contributed by atoms with Gasteiger partial charge in [0.1, 0.15) is 0 Å². The van der Waals surface area contributed by atoms with E-state index in [4.69, 9.17) is 10.5 Å². The van der Waals surface area contributed by atoms with Gasteiger partial charge in [0.2, 0.25) is 0 Å². The lowest BCUT2D eigenvalue weighted by atomic mass is 9.96. The highest BCUT2D eigenvalue weighted by Gasteiger charge is 2.05. The van der Waals surface area contributed by atoms with Crippen LogP contribution < -0.4 is 0 Å². The Morgan fingerprint density at radius 2 is 2.00 bits per heavy atom. The van der Waals surface area contributed by atoms with Gasteiger partial charge in [0, 0.05) is 0 Å². The van der Waals surface area contributed by atoms with Crippen LogP contribution in [0.5, 0.6) is 0 Å². The Morgan fingerprint density at radius 3 is 2.53 bits per heavy atom. The largest absolute Gasteiger partial charge is 0.198 e. The van der Waals surface area contributed by atoms with Crippen molar-refractivity contribution in [1.29, 1.82) is 10.5 Å². The molecule has 15 heavy (non-hydrogen) atoms. The zero-order valence-corrected chi connectivity index (χ0v) is 9.12. The van der Waals surface area contributed by atoms with Crippen LogP contribution in [0.3, 0.4) is 0 Å². The van der Waals surface area contributed by atoms with Crippen LogP contribution in [0.4, 0.5) is 0 Å². The van der Waals surface area contributed by atoms with Gasteiger partial charge in [0.15, 0.2) is 0 Å². The molecule has 0 heterocycles. The van der Waals surface area contributed by atoms with Crippen LogP contribution in [-0.4, -0.2) is 0 Å². The van der Waals surface area contributed by atoms with Crippen LogP contribution in [0.1, 0.15) is 30.5 Å². The Labute approximate surface area is 90.8 Å². The van der Waals surface area contributed by atoms with Gasteiger partial charge in [0.05, 0.1) is 24.1 Å². The summed E-state index contributed by atoms with van der Waals surface area (Å²) >= 11 is 0. The molecular formula is C13H14N2. The Bertz CT molecular complexity index is 419. The van der Waals surface area contributed by atoms with E-state index in [-0.39, 0.29) is 0 Å². The van der Waals surface area contributed by atoms with Crippen LogP contribution in [0, 0.1) is 28.6 Å². The normalized spacial score (nSPS) is 9.67. The summed E-state index contributed by atoms with van der Waals surface area (Å²) in [4.78, 5) is 0. The van der Waals surface area contributed by atoms with Gasteiger partial charge < -0.3 is 0 Å². The molecule has 2 heteroatoms. The van der Waals surface area contributed by atoms with Crippen molar-refractivity contribution < 1.29 is 0 Å². The second kappa shape index (κ2) is 5.17. The molecule has 0 aliphatic rings. The van der Waals surface area contributed by atoms with E-state index in [9.17, 15) is 0 Å². The van der Waals surface area contributed by atoms with E-state index < -0.39 is 0 Å². The summed E-state index contributed by atoms with van der Waals surface area (Å²) < 4.78 is 0. The minimum absolute atomic E-state index is 0.413. The van der Waals surface area contributed by atoms with Crippen molar-refractivity contribution in [3.63, 3.8) is 0 Å². The van der Waals surface area contributed by atoms with E-state index >= 15 is 0 Å². The van der Waals surface area contributed by atoms with Gasteiger partial charge in [-0.3, -0.25) is 0 Å². The number of benzene rings is 1. The molecule has 1 aromatic rings. The van der Waals surface area contributed by atoms with Crippen molar-refractivity contribution in [2.75, 3.05) is 0 Å². The summed E-state index contributed by atoms with van der Waals surface area (Å²) in [6.07, 6.45) is 1.30. The average molecular weight is 198 g/mol. The fraction of sp³-hybridized carbons (Fsp3) is 0.385. The fourth-order valence-corrected chi connectivity index (χ4v) is 1.57. The lowest BCUT2D eigenvalue weighted by Crippen LogP contribution is -1.98. The van der Waals surface area contributed by atoms with Crippen molar-refractivity contribution in [3.05, 3.63) is 34.9 Å². The first-order chi connectivity index (χ1) is 7.17. The molecular weight excluding hydrogens is 184 g/mol. The highest BCUT2D eigenvalue weighted by Crippen LogP contribution is 2.16. The smallest absolute Gasteiger partial charge is 0.0994 e. The van der Waals surface area contributed by atoms with Gasteiger partial charge >= 0.3 is 0 Å². The maximum atomic E-state index is 8.94. The predicted molar refractivity (Wildman–Crippen MR) is 59.0 cm³/mol. The van der Waals surface area contributed by atoms with Gasteiger partial charge in [-0.25, -0.2) is 0 Å². The maximum Gasteiger partial charge on any atom is 0.0994 e. The Kier molecular flexibility index (Phi) is 3.89. The summed E-state index contributed by atoms with van der Waals surface area (Å²) in [5, 5.41) is 17.5. The molecule has 0 saturated carbocycles. The highest BCUT2D eigenvalue weighted by molar-refractivity contribution is 5.41. The molecule has 76 valence electrons. The van der Waals surface area contributed by atoms with Crippen molar-refractivity contribution in [2.24, 2.45) is 5.92 Å². The first kappa shape index (κ1) is 11.3. The molecule has 0 aromatic heterocycles. The van der Waals surface area contributed by atoms with E-state index in [1.807, 2.05) is 18.2 Å². The zero-order chi connectivity index (χ0) is 11.3. The summed E-state index contributed by atoms with van der Waals surface area (Å²) in [7, 11) is 0. The van der Waals surface area contributed by atoms with Gasteiger partial charge in [-0.05, 0) is 29.5 Å². The SMILES string of the molecule is CC(C)Cc1cc(CC#N)ccc1C#N. The Balaban J connectivity index is 3.04. The average Bonchev–Trinajstić information content (AvgIpc) is 2.18. The second-order valence-corrected chi connectivity index (χ2v) is 4.04. The number of rotatable bonds is 3. The monoisotopic (exact) mass is 198 g/mol. The molecule has 0 atom stereocenters. The quantitative estimate of drug-likeness (QED) is 0.749. The van der Waals surface area contributed by atoms with E-state index in [1.54, 1.807) is 0 Å². The first-order valence-electron chi connectivity index (χ1n) is 5.06. The van der Waals surface area contributed by atoms with Crippen molar-refractivity contribution >= 4 is 0 Å².